The molecule has 5 aromatic rings. The lowest BCUT2D eigenvalue weighted by molar-refractivity contribution is 0.0878. The Bertz CT molecular complexity index is 1370. The quantitative estimate of drug-likeness (QED) is 0.261. The van der Waals surface area contributed by atoms with Crippen LogP contribution in [-0.4, -0.2) is 20.5 Å². The summed E-state index contributed by atoms with van der Waals surface area (Å²) in [5.41, 5.74) is 0.715. The summed E-state index contributed by atoms with van der Waals surface area (Å²) in [4.78, 5) is 18.4. The first kappa shape index (κ1) is 21.6. The standard InChI is InChI=1S/C28H20ClN3O2/c29-24-15-11-21(12-16-24)27(33)28(32-20-30-19-31-32,22-7-3-1-4-8-22)23-13-17-26(18-14-23)34-25-9-5-2-6-10-25/h1-20H. The van der Waals surface area contributed by atoms with Gasteiger partial charge in [-0.3, -0.25) is 4.79 Å². The second kappa shape index (κ2) is 9.33. The summed E-state index contributed by atoms with van der Waals surface area (Å²) in [5.74, 6) is 1.24. The maximum absolute atomic E-state index is 14.3. The molecular weight excluding hydrogens is 446 g/mol. The van der Waals surface area contributed by atoms with E-state index in [0.29, 0.717) is 16.3 Å². The van der Waals surface area contributed by atoms with E-state index in [1.807, 2.05) is 84.9 Å². The van der Waals surface area contributed by atoms with Gasteiger partial charge in [0.25, 0.3) is 0 Å². The van der Waals surface area contributed by atoms with Crippen molar-refractivity contribution in [1.82, 2.24) is 14.8 Å². The molecule has 0 bridgehead atoms. The van der Waals surface area contributed by atoms with Crippen LogP contribution in [0.1, 0.15) is 21.5 Å². The lowest BCUT2D eigenvalue weighted by Gasteiger charge is -2.33. The number of halogens is 1. The van der Waals surface area contributed by atoms with Gasteiger partial charge in [-0.05, 0) is 59.7 Å². The zero-order valence-corrected chi connectivity index (χ0v) is 18.8. The number of para-hydroxylation sites is 1. The van der Waals surface area contributed by atoms with Crippen LogP contribution in [0, 0.1) is 0 Å². The van der Waals surface area contributed by atoms with Gasteiger partial charge in [0.2, 0.25) is 0 Å². The van der Waals surface area contributed by atoms with Crippen molar-refractivity contribution in [2.75, 3.05) is 0 Å². The fourth-order valence-electron chi connectivity index (χ4n) is 4.06. The van der Waals surface area contributed by atoms with Crippen LogP contribution in [0.2, 0.25) is 5.02 Å². The monoisotopic (exact) mass is 465 g/mol. The van der Waals surface area contributed by atoms with Gasteiger partial charge in [-0.1, -0.05) is 72.3 Å². The van der Waals surface area contributed by atoms with Crippen LogP contribution in [0.4, 0.5) is 0 Å². The van der Waals surface area contributed by atoms with Gasteiger partial charge in [0.05, 0.1) is 0 Å². The van der Waals surface area contributed by atoms with E-state index in [0.717, 1.165) is 16.9 Å². The van der Waals surface area contributed by atoms with Crippen molar-refractivity contribution < 1.29 is 9.53 Å². The Kier molecular flexibility index (Phi) is 5.93. The van der Waals surface area contributed by atoms with Gasteiger partial charge in [0.1, 0.15) is 24.2 Å². The Morgan fingerprint density at radius 1 is 0.735 bits per heavy atom. The van der Waals surface area contributed by atoms with Crippen molar-refractivity contribution in [2.45, 2.75) is 5.54 Å². The fraction of sp³-hybridized carbons (Fsp3) is 0.0357. The molecule has 0 aliphatic heterocycles. The first-order valence-corrected chi connectivity index (χ1v) is 11.1. The van der Waals surface area contributed by atoms with E-state index in [1.165, 1.54) is 6.33 Å². The first-order chi connectivity index (χ1) is 16.7. The second-order valence-electron chi connectivity index (χ2n) is 7.69. The van der Waals surface area contributed by atoms with Gasteiger partial charge in [-0.25, -0.2) is 9.67 Å². The SMILES string of the molecule is O=C(c1ccc(Cl)cc1)C(c1ccccc1)(c1ccc(Oc2ccccc2)cc1)n1cncn1. The van der Waals surface area contributed by atoms with Crippen LogP contribution in [0.15, 0.2) is 122 Å². The minimum absolute atomic E-state index is 0.155. The van der Waals surface area contributed by atoms with Crippen molar-refractivity contribution in [3.63, 3.8) is 0 Å². The highest BCUT2D eigenvalue weighted by Crippen LogP contribution is 2.38. The average Bonchev–Trinajstić information content (AvgIpc) is 3.42. The molecule has 0 fully saturated rings. The number of hydrogen-bond acceptors (Lipinski definition) is 4. The second-order valence-corrected chi connectivity index (χ2v) is 8.13. The minimum Gasteiger partial charge on any atom is -0.457 e. The molecule has 0 spiro atoms. The molecule has 6 heteroatoms. The van der Waals surface area contributed by atoms with Crippen LogP contribution >= 0.6 is 11.6 Å². The topological polar surface area (TPSA) is 57.0 Å². The number of ether oxygens (including phenoxy) is 1. The third-order valence-corrected chi connectivity index (χ3v) is 5.89. The number of carbonyl (C=O) groups is 1. The van der Waals surface area contributed by atoms with E-state index in [1.54, 1.807) is 35.3 Å². The molecule has 1 aromatic heterocycles. The molecule has 0 radical (unpaired) electrons. The molecule has 1 heterocycles. The van der Waals surface area contributed by atoms with Gasteiger partial charge in [-0.2, -0.15) is 5.10 Å². The van der Waals surface area contributed by atoms with Crippen molar-refractivity contribution in [3.05, 3.63) is 144 Å². The Labute approximate surface area is 202 Å². The maximum atomic E-state index is 14.3. The summed E-state index contributed by atoms with van der Waals surface area (Å²) in [6, 6.07) is 33.5. The smallest absolute Gasteiger partial charge is 0.199 e. The van der Waals surface area contributed by atoms with Gasteiger partial charge in [-0.15, -0.1) is 0 Å². The zero-order valence-electron chi connectivity index (χ0n) is 18.1. The van der Waals surface area contributed by atoms with E-state index in [-0.39, 0.29) is 5.78 Å². The fourth-order valence-corrected chi connectivity index (χ4v) is 4.18. The summed E-state index contributed by atoms with van der Waals surface area (Å²) < 4.78 is 7.57. The number of nitrogens with zero attached hydrogens (tertiary/aromatic N) is 3. The Morgan fingerprint density at radius 3 is 1.94 bits per heavy atom. The molecule has 0 amide bonds. The van der Waals surface area contributed by atoms with Crippen molar-refractivity contribution in [1.29, 1.82) is 0 Å². The number of aromatic nitrogens is 3. The Balaban J connectivity index is 1.68. The highest BCUT2D eigenvalue weighted by Gasteiger charge is 2.45. The van der Waals surface area contributed by atoms with Gasteiger partial charge < -0.3 is 4.74 Å². The molecule has 5 nitrogen and oxygen atoms in total. The molecule has 0 aliphatic carbocycles. The molecular formula is C28H20ClN3O2. The van der Waals surface area contributed by atoms with E-state index in [2.05, 4.69) is 10.1 Å². The van der Waals surface area contributed by atoms with Crippen molar-refractivity contribution in [2.24, 2.45) is 0 Å². The van der Waals surface area contributed by atoms with Crippen LogP contribution in [0.5, 0.6) is 11.5 Å². The Hall–Kier alpha value is -4.22. The number of hydrogen-bond donors (Lipinski definition) is 0. The molecule has 4 aromatic carbocycles. The van der Waals surface area contributed by atoms with Crippen LogP contribution in [0.3, 0.4) is 0 Å². The summed E-state index contributed by atoms with van der Waals surface area (Å²) in [6.45, 7) is 0. The summed E-state index contributed by atoms with van der Waals surface area (Å²) >= 11 is 6.10. The van der Waals surface area contributed by atoms with E-state index in [9.17, 15) is 4.79 Å². The lowest BCUT2D eigenvalue weighted by atomic mass is 9.77. The molecule has 0 saturated carbocycles. The van der Waals surface area contributed by atoms with E-state index < -0.39 is 5.54 Å². The van der Waals surface area contributed by atoms with Gasteiger partial charge in [0, 0.05) is 10.6 Å². The molecule has 166 valence electrons. The van der Waals surface area contributed by atoms with E-state index in [4.69, 9.17) is 16.3 Å². The molecule has 5 rings (SSSR count). The predicted octanol–water partition coefficient (Wildman–Crippen LogP) is 6.40. The van der Waals surface area contributed by atoms with Gasteiger partial charge >= 0.3 is 0 Å². The molecule has 0 aliphatic rings. The summed E-state index contributed by atoms with van der Waals surface area (Å²) in [7, 11) is 0. The zero-order chi connectivity index (χ0) is 23.4. The first-order valence-electron chi connectivity index (χ1n) is 10.7. The van der Waals surface area contributed by atoms with Gasteiger partial charge in [0.15, 0.2) is 11.3 Å². The average molecular weight is 466 g/mol. The predicted molar refractivity (Wildman–Crippen MR) is 131 cm³/mol. The summed E-state index contributed by atoms with van der Waals surface area (Å²) in [5, 5.41) is 4.98. The summed E-state index contributed by atoms with van der Waals surface area (Å²) in [6.07, 6.45) is 2.99. The minimum atomic E-state index is -1.28. The molecule has 0 N–H and O–H groups in total. The highest BCUT2D eigenvalue weighted by atomic mass is 35.5. The normalized spacial score (nSPS) is 12.6. The maximum Gasteiger partial charge on any atom is 0.199 e. The van der Waals surface area contributed by atoms with Crippen molar-refractivity contribution in [3.8, 4) is 11.5 Å². The lowest BCUT2D eigenvalue weighted by Crippen LogP contribution is -2.44. The number of ketones is 1. The molecule has 1 unspecified atom stereocenters. The number of rotatable bonds is 7. The molecule has 1 atom stereocenters. The Morgan fingerprint density at radius 2 is 1.32 bits per heavy atom. The number of Topliss-reactive ketones (excluding diaryl/α,β-unsaturated/α-hetero) is 1. The highest BCUT2D eigenvalue weighted by molar-refractivity contribution is 6.30. The van der Waals surface area contributed by atoms with Crippen LogP contribution in [0.25, 0.3) is 0 Å². The van der Waals surface area contributed by atoms with Crippen LogP contribution in [-0.2, 0) is 5.54 Å². The molecule has 0 saturated heterocycles. The van der Waals surface area contributed by atoms with E-state index >= 15 is 0 Å². The van der Waals surface area contributed by atoms with Crippen molar-refractivity contribution >= 4 is 17.4 Å². The van der Waals surface area contributed by atoms with Crippen LogP contribution < -0.4 is 4.74 Å². The number of carbonyl (C=O) groups excluding carboxylic acids is 1. The third-order valence-electron chi connectivity index (χ3n) is 5.64. The third kappa shape index (κ3) is 3.98. The largest absolute Gasteiger partial charge is 0.457 e. The molecule has 34 heavy (non-hydrogen) atoms. The number of benzene rings is 4.